The van der Waals surface area contributed by atoms with Crippen LogP contribution in [-0.2, 0) is 19.1 Å². The lowest BCUT2D eigenvalue weighted by Crippen LogP contribution is -2.57. The summed E-state index contributed by atoms with van der Waals surface area (Å²) in [4.78, 5) is 46.6. The van der Waals surface area contributed by atoms with Crippen LogP contribution in [0.5, 0.6) is 0 Å². The van der Waals surface area contributed by atoms with Crippen LogP contribution in [0.15, 0.2) is 25.3 Å². The van der Waals surface area contributed by atoms with Crippen LogP contribution in [0.3, 0.4) is 0 Å². The molecule has 3 amide bonds. The number of hydrogen-bond acceptors (Lipinski definition) is 5. The van der Waals surface area contributed by atoms with Crippen LogP contribution in [0.4, 0.5) is 0 Å². The summed E-state index contributed by atoms with van der Waals surface area (Å²) in [7, 11) is 0. The van der Waals surface area contributed by atoms with E-state index in [-0.39, 0.29) is 35.7 Å². The molecule has 0 radical (unpaired) electrons. The van der Waals surface area contributed by atoms with Crippen LogP contribution >= 0.6 is 15.9 Å². The summed E-state index contributed by atoms with van der Waals surface area (Å²) in [5, 5.41) is 9.50. The molecule has 3 unspecified atom stereocenters. The average molecular weight is 555 g/mol. The van der Waals surface area contributed by atoms with E-state index in [4.69, 9.17) is 4.74 Å². The molecule has 1 spiro atoms. The first-order chi connectivity index (χ1) is 16.8. The van der Waals surface area contributed by atoms with Gasteiger partial charge < -0.3 is 24.5 Å². The third-order valence-electron chi connectivity index (χ3n) is 7.46. The standard InChI is InChI=1S/C26H40BrN3O5/c1-5-9-14-29(13-8-4)25(34)22-26-17-18(27)21(35-26)19(23(32)28(11-6-2)12-7-3)20(26)24(33)30(22)15-10-16-31/h6,8,18-22,31H,2,4-5,7,9-17H2,1,3H3/t18?,19-,20-,21-,22?,26?/m0/s1. The van der Waals surface area contributed by atoms with E-state index in [1.54, 1.807) is 26.9 Å². The number of unbranched alkanes of at least 4 members (excludes halogenated alkanes) is 1. The third-order valence-corrected chi connectivity index (χ3v) is 8.31. The lowest BCUT2D eigenvalue weighted by molar-refractivity contribution is -0.148. The lowest BCUT2D eigenvalue weighted by atomic mass is 9.70. The maximum atomic E-state index is 14.0. The van der Waals surface area contributed by atoms with Gasteiger partial charge in [0, 0.05) is 44.2 Å². The Morgan fingerprint density at radius 1 is 1.14 bits per heavy atom. The first-order valence-electron chi connectivity index (χ1n) is 12.8. The van der Waals surface area contributed by atoms with Gasteiger partial charge >= 0.3 is 0 Å². The zero-order valence-corrected chi connectivity index (χ0v) is 22.6. The van der Waals surface area contributed by atoms with Gasteiger partial charge in [0.1, 0.15) is 11.6 Å². The Kier molecular flexibility index (Phi) is 9.57. The van der Waals surface area contributed by atoms with Gasteiger partial charge in [0.05, 0.1) is 17.9 Å². The summed E-state index contributed by atoms with van der Waals surface area (Å²) in [5.74, 6) is -1.89. The maximum absolute atomic E-state index is 14.0. The monoisotopic (exact) mass is 553 g/mol. The number of alkyl halides is 1. The summed E-state index contributed by atoms with van der Waals surface area (Å²) in [6.07, 6.45) is 6.31. The second-order valence-electron chi connectivity index (χ2n) is 9.77. The molecule has 2 bridgehead atoms. The summed E-state index contributed by atoms with van der Waals surface area (Å²) >= 11 is 3.71. The number of carbonyl (C=O) groups is 3. The van der Waals surface area contributed by atoms with E-state index >= 15 is 0 Å². The second kappa shape index (κ2) is 12.0. The van der Waals surface area contributed by atoms with Crippen molar-refractivity contribution in [3.05, 3.63) is 25.3 Å². The molecule has 0 aromatic carbocycles. The largest absolute Gasteiger partial charge is 0.396 e. The molecule has 3 heterocycles. The number of likely N-dealkylation sites (tertiary alicyclic amines) is 1. The second-order valence-corrected chi connectivity index (χ2v) is 10.9. The van der Waals surface area contributed by atoms with Crippen molar-refractivity contribution >= 4 is 33.7 Å². The molecule has 3 saturated heterocycles. The van der Waals surface area contributed by atoms with Crippen molar-refractivity contribution in [3.8, 4) is 0 Å². The number of nitrogens with zero attached hydrogens (tertiary/aromatic N) is 3. The van der Waals surface area contributed by atoms with Gasteiger partial charge in [-0.05, 0) is 25.7 Å². The molecule has 3 fully saturated rings. The Bertz CT molecular complexity index is 823. The van der Waals surface area contributed by atoms with Crippen LogP contribution in [0.2, 0.25) is 0 Å². The van der Waals surface area contributed by atoms with E-state index in [1.165, 1.54) is 0 Å². The number of hydrogen-bond donors (Lipinski definition) is 1. The fourth-order valence-corrected chi connectivity index (χ4v) is 7.01. The van der Waals surface area contributed by atoms with E-state index < -0.39 is 29.6 Å². The molecule has 0 saturated carbocycles. The quantitative estimate of drug-likeness (QED) is 0.263. The topological polar surface area (TPSA) is 90.4 Å². The maximum Gasteiger partial charge on any atom is 0.248 e. The first kappa shape index (κ1) is 27.9. The molecule has 1 N–H and O–H groups in total. The van der Waals surface area contributed by atoms with E-state index in [9.17, 15) is 19.5 Å². The van der Waals surface area contributed by atoms with E-state index in [0.717, 1.165) is 19.3 Å². The number of halogens is 1. The van der Waals surface area contributed by atoms with Crippen molar-refractivity contribution < 1.29 is 24.2 Å². The highest BCUT2D eigenvalue weighted by Gasteiger charge is 2.76. The van der Waals surface area contributed by atoms with Crippen LogP contribution < -0.4 is 0 Å². The van der Waals surface area contributed by atoms with Gasteiger partial charge in [0.25, 0.3) is 0 Å². The van der Waals surface area contributed by atoms with Crippen LogP contribution in [0.1, 0.15) is 46.0 Å². The molecule has 9 heteroatoms. The van der Waals surface area contributed by atoms with Gasteiger partial charge in [0.2, 0.25) is 17.7 Å². The average Bonchev–Trinajstić information content (AvgIpc) is 3.42. The number of fused-ring (bicyclic) bond motifs is 1. The Labute approximate surface area is 217 Å². The molecule has 6 atom stereocenters. The van der Waals surface area contributed by atoms with E-state index in [2.05, 4.69) is 36.0 Å². The number of ether oxygens (including phenoxy) is 1. The Hall–Kier alpha value is -1.71. The summed E-state index contributed by atoms with van der Waals surface area (Å²) < 4.78 is 6.56. The molecular weight excluding hydrogens is 514 g/mol. The molecule has 3 aliphatic heterocycles. The van der Waals surface area contributed by atoms with Gasteiger partial charge in [0.15, 0.2) is 0 Å². The first-order valence-corrected chi connectivity index (χ1v) is 13.8. The van der Waals surface area contributed by atoms with Gasteiger partial charge in [-0.3, -0.25) is 14.4 Å². The number of aliphatic hydroxyl groups excluding tert-OH is 1. The Morgan fingerprint density at radius 3 is 2.37 bits per heavy atom. The van der Waals surface area contributed by atoms with Gasteiger partial charge in [-0.15, -0.1) is 13.2 Å². The normalized spacial score (nSPS) is 30.9. The zero-order valence-electron chi connectivity index (χ0n) is 21.0. The molecule has 3 aliphatic rings. The molecular formula is C26H40BrN3O5. The van der Waals surface area contributed by atoms with E-state index in [0.29, 0.717) is 39.0 Å². The number of aliphatic hydroxyl groups is 1. The van der Waals surface area contributed by atoms with E-state index in [1.807, 2.05) is 6.92 Å². The predicted octanol–water partition coefficient (Wildman–Crippen LogP) is 2.36. The molecule has 35 heavy (non-hydrogen) atoms. The third kappa shape index (κ3) is 4.96. The molecule has 0 aliphatic carbocycles. The highest BCUT2D eigenvalue weighted by Crippen LogP contribution is 2.60. The fraction of sp³-hybridized carbons (Fsp3) is 0.731. The van der Waals surface area contributed by atoms with Crippen molar-refractivity contribution in [2.75, 3.05) is 39.3 Å². The molecule has 3 rings (SSSR count). The highest BCUT2D eigenvalue weighted by atomic mass is 79.9. The van der Waals surface area contributed by atoms with Crippen molar-refractivity contribution in [1.29, 1.82) is 0 Å². The number of amides is 3. The molecule has 0 aromatic rings. The summed E-state index contributed by atoms with van der Waals surface area (Å²) in [6, 6.07) is -0.828. The van der Waals surface area contributed by atoms with Gasteiger partial charge in [-0.2, -0.15) is 0 Å². The minimum Gasteiger partial charge on any atom is -0.396 e. The van der Waals surface area contributed by atoms with Crippen molar-refractivity contribution in [2.45, 2.75) is 68.5 Å². The summed E-state index contributed by atoms with van der Waals surface area (Å²) in [6.45, 7) is 13.7. The number of carbonyl (C=O) groups excluding carboxylic acids is 3. The molecule has 0 aromatic heterocycles. The summed E-state index contributed by atoms with van der Waals surface area (Å²) in [5.41, 5.74) is -1.07. The Morgan fingerprint density at radius 2 is 1.80 bits per heavy atom. The van der Waals surface area contributed by atoms with Crippen molar-refractivity contribution in [1.82, 2.24) is 14.7 Å². The van der Waals surface area contributed by atoms with Gasteiger partial charge in [-0.1, -0.05) is 48.4 Å². The molecule has 8 nitrogen and oxygen atoms in total. The minimum atomic E-state index is -1.07. The zero-order chi connectivity index (χ0) is 25.8. The SMILES string of the molecule is C=CCN(CCCC)C(=O)C1N(CCCO)C(=O)[C@@H]2[C@H](C(=O)N(CC=C)CCC)[C@H]3OC12CC3Br. The lowest BCUT2D eigenvalue weighted by Gasteiger charge is -2.37. The van der Waals surface area contributed by atoms with Gasteiger partial charge in [-0.25, -0.2) is 0 Å². The predicted molar refractivity (Wildman–Crippen MR) is 138 cm³/mol. The van der Waals surface area contributed by atoms with Crippen molar-refractivity contribution in [3.63, 3.8) is 0 Å². The van der Waals surface area contributed by atoms with Crippen LogP contribution in [0, 0.1) is 11.8 Å². The highest BCUT2D eigenvalue weighted by molar-refractivity contribution is 9.09. The smallest absolute Gasteiger partial charge is 0.248 e. The molecule has 196 valence electrons. The van der Waals surface area contributed by atoms with Crippen LogP contribution in [-0.4, -0.2) is 99.4 Å². The minimum absolute atomic E-state index is 0.0922. The van der Waals surface area contributed by atoms with Crippen molar-refractivity contribution in [2.24, 2.45) is 11.8 Å². The fourth-order valence-electron chi connectivity index (χ4n) is 6.07. The Balaban J connectivity index is 2.03. The van der Waals surface area contributed by atoms with Crippen LogP contribution in [0.25, 0.3) is 0 Å². The number of rotatable bonds is 14.